The molecule has 0 radical (unpaired) electrons. The maximum Gasteiger partial charge on any atom is 0.410 e. The number of rotatable bonds is 6. The highest BCUT2D eigenvalue weighted by Crippen LogP contribution is 2.30. The van der Waals surface area contributed by atoms with E-state index in [1.807, 2.05) is 20.8 Å². The number of carbonyl (C=O) groups excluding carboxylic acids is 1. The van der Waals surface area contributed by atoms with Gasteiger partial charge in [0, 0.05) is 30.2 Å². The lowest BCUT2D eigenvalue weighted by molar-refractivity contribution is 0.0261. The number of alkyl halides is 1. The molecule has 0 aliphatic carbocycles. The van der Waals surface area contributed by atoms with Crippen LogP contribution in [0, 0.1) is 0 Å². The molecule has 2 rings (SSSR count). The van der Waals surface area contributed by atoms with Crippen molar-refractivity contribution >= 4 is 23.4 Å². The molecule has 1 aromatic rings. The van der Waals surface area contributed by atoms with Crippen molar-refractivity contribution in [2.24, 2.45) is 0 Å². The van der Waals surface area contributed by atoms with Crippen molar-refractivity contribution in [3.05, 3.63) is 52.2 Å². The Hall–Kier alpha value is -1.94. The molecule has 0 bridgehead atoms. The van der Waals surface area contributed by atoms with Crippen molar-refractivity contribution in [2.45, 2.75) is 72.8 Å². The number of halogens is 1. The molecule has 1 aromatic carbocycles. The van der Waals surface area contributed by atoms with Crippen molar-refractivity contribution in [3.63, 3.8) is 0 Å². The minimum absolute atomic E-state index is 0.275. The van der Waals surface area contributed by atoms with Crippen LogP contribution >= 0.6 is 11.6 Å². The van der Waals surface area contributed by atoms with Gasteiger partial charge < -0.3 is 15.0 Å². The van der Waals surface area contributed by atoms with E-state index in [1.165, 1.54) is 11.1 Å². The van der Waals surface area contributed by atoms with Crippen molar-refractivity contribution in [2.75, 3.05) is 24.3 Å². The summed E-state index contributed by atoms with van der Waals surface area (Å²) in [5, 5.41) is 3.61. The molecule has 166 valence electrons. The summed E-state index contributed by atoms with van der Waals surface area (Å²) in [6.45, 7) is 15.4. The van der Waals surface area contributed by atoms with Crippen molar-refractivity contribution in [1.29, 1.82) is 0 Å². The molecule has 1 N–H and O–H groups in total. The Balaban J connectivity index is 2.36. The molecular formula is C25H37ClN2O2. The molecule has 1 aliphatic heterocycles. The first-order valence-corrected chi connectivity index (χ1v) is 11.4. The van der Waals surface area contributed by atoms with Gasteiger partial charge in [-0.2, -0.15) is 0 Å². The second kappa shape index (κ2) is 10.4. The minimum atomic E-state index is -0.512. The first-order chi connectivity index (χ1) is 14.1. The predicted octanol–water partition coefficient (Wildman–Crippen LogP) is 7.08. The van der Waals surface area contributed by atoms with Crippen LogP contribution in [-0.4, -0.2) is 35.6 Å². The van der Waals surface area contributed by atoms with Gasteiger partial charge in [-0.15, -0.1) is 11.6 Å². The number of hydrogen-bond donors (Lipinski definition) is 1. The van der Waals surface area contributed by atoms with Gasteiger partial charge in [0.1, 0.15) is 5.60 Å². The summed E-state index contributed by atoms with van der Waals surface area (Å²) in [6.07, 6.45) is 1.38. The van der Waals surface area contributed by atoms with Crippen LogP contribution in [-0.2, 0) is 4.74 Å². The summed E-state index contributed by atoms with van der Waals surface area (Å²) in [6, 6.07) is 8.57. The van der Waals surface area contributed by atoms with E-state index in [2.05, 4.69) is 57.3 Å². The zero-order valence-electron chi connectivity index (χ0n) is 19.6. The SMILES string of the molecule is CCC(C)=C(CCl)C1=C(Nc2ccc(C(C)C)cc2)CCN(C(=O)OC(C)(C)C)C1. The smallest absolute Gasteiger partial charge is 0.410 e. The zero-order valence-corrected chi connectivity index (χ0v) is 20.3. The van der Waals surface area contributed by atoms with Gasteiger partial charge in [-0.3, -0.25) is 0 Å². The summed E-state index contributed by atoms with van der Waals surface area (Å²) in [4.78, 5) is 14.5. The van der Waals surface area contributed by atoms with Crippen molar-refractivity contribution in [3.8, 4) is 0 Å². The number of amides is 1. The zero-order chi connectivity index (χ0) is 22.5. The summed E-state index contributed by atoms with van der Waals surface area (Å²) >= 11 is 6.38. The van der Waals surface area contributed by atoms with Crippen LogP contribution in [0.5, 0.6) is 0 Å². The molecule has 0 atom stereocenters. The lowest BCUT2D eigenvalue weighted by Crippen LogP contribution is -2.42. The molecule has 4 nitrogen and oxygen atoms in total. The summed E-state index contributed by atoms with van der Waals surface area (Å²) in [7, 11) is 0. The molecule has 1 heterocycles. The largest absolute Gasteiger partial charge is 0.444 e. The van der Waals surface area contributed by atoms with E-state index in [4.69, 9.17) is 16.3 Å². The van der Waals surface area contributed by atoms with E-state index >= 15 is 0 Å². The number of ether oxygens (including phenoxy) is 1. The summed E-state index contributed by atoms with van der Waals surface area (Å²) < 4.78 is 5.61. The maximum atomic E-state index is 12.7. The molecular weight excluding hydrogens is 396 g/mol. The van der Waals surface area contributed by atoms with Crippen LogP contribution in [0.15, 0.2) is 46.7 Å². The highest BCUT2D eigenvalue weighted by atomic mass is 35.5. The number of nitrogens with one attached hydrogen (secondary N) is 1. The fourth-order valence-electron chi connectivity index (χ4n) is 3.45. The molecule has 0 unspecified atom stereocenters. The second-order valence-electron chi connectivity index (χ2n) is 9.26. The van der Waals surface area contributed by atoms with Gasteiger partial charge in [-0.25, -0.2) is 4.79 Å². The number of allylic oxidation sites excluding steroid dienone is 1. The first-order valence-electron chi connectivity index (χ1n) is 10.9. The molecule has 1 amide bonds. The Kier molecular flexibility index (Phi) is 8.42. The Morgan fingerprint density at radius 3 is 2.37 bits per heavy atom. The van der Waals surface area contributed by atoms with E-state index in [0.717, 1.165) is 35.4 Å². The van der Waals surface area contributed by atoms with Crippen LogP contribution in [0.2, 0.25) is 0 Å². The number of anilines is 1. The van der Waals surface area contributed by atoms with Crippen LogP contribution < -0.4 is 5.32 Å². The molecule has 0 fully saturated rings. The van der Waals surface area contributed by atoms with Crippen LogP contribution in [0.4, 0.5) is 10.5 Å². The quantitative estimate of drug-likeness (QED) is 0.488. The Morgan fingerprint density at radius 1 is 1.23 bits per heavy atom. The normalized spacial score (nSPS) is 16.0. The highest BCUT2D eigenvalue weighted by Gasteiger charge is 2.28. The van der Waals surface area contributed by atoms with Gasteiger partial charge in [-0.1, -0.05) is 38.5 Å². The van der Waals surface area contributed by atoms with Crippen LogP contribution in [0.25, 0.3) is 0 Å². The van der Waals surface area contributed by atoms with Crippen LogP contribution in [0.1, 0.15) is 72.8 Å². The molecule has 0 saturated heterocycles. The summed E-state index contributed by atoms with van der Waals surface area (Å²) in [5.74, 6) is 0.929. The van der Waals surface area contributed by atoms with Gasteiger partial charge in [0.05, 0.1) is 6.54 Å². The second-order valence-corrected chi connectivity index (χ2v) is 9.52. The predicted molar refractivity (Wildman–Crippen MR) is 127 cm³/mol. The third kappa shape index (κ3) is 6.53. The fourth-order valence-corrected chi connectivity index (χ4v) is 3.84. The number of benzene rings is 1. The standard InChI is InChI=1S/C25H37ClN2O2/c1-8-18(4)21(15-26)22-16-28(24(29)30-25(5,6)7)14-13-23(22)27-20-11-9-19(10-12-20)17(2)3/h9-12,17,27H,8,13-16H2,1-7H3. The van der Waals surface area contributed by atoms with Crippen molar-refractivity contribution < 1.29 is 9.53 Å². The van der Waals surface area contributed by atoms with Gasteiger partial charge in [0.25, 0.3) is 0 Å². The van der Waals surface area contributed by atoms with Gasteiger partial charge in [0.15, 0.2) is 0 Å². The van der Waals surface area contributed by atoms with E-state index < -0.39 is 5.60 Å². The average molecular weight is 433 g/mol. The van der Waals surface area contributed by atoms with Gasteiger partial charge in [0.2, 0.25) is 0 Å². The Labute approximate surface area is 187 Å². The molecule has 5 heteroatoms. The van der Waals surface area contributed by atoms with Gasteiger partial charge in [-0.05, 0) is 68.9 Å². The monoisotopic (exact) mass is 432 g/mol. The number of nitrogens with zero attached hydrogens (tertiary/aromatic N) is 1. The Bertz CT molecular complexity index is 801. The van der Waals surface area contributed by atoms with E-state index in [0.29, 0.717) is 24.9 Å². The highest BCUT2D eigenvalue weighted by molar-refractivity contribution is 6.20. The number of hydrogen-bond acceptors (Lipinski definition) is 3. The molecule has 0 spiro atoms. The van der Waals surface area contributed by atoms with Gasteiger partial charge >= 0.3 is 6.09 Å². The van der Waals surface area contributed by atoms with Crippen molar-refractivity contribution in [1.82, 2.24) is 4.90 Å². The topological polar surface area (TPSA) is 41.6 Å². The number of carbonyl (C=O) groups is 1. The third-order valence-electron chi connectivity index (χ3n) is 5.41. The average Bonchev–Trinajstić information content (AvgIpc) is 2.68. The lowest BCUT2D eigenvalue weighted by Gasteiger charge is -2.34. The van der Waals surface area contributed by atoms with E-state index in [1.54, 1.807) is 4.90 Å². The Morgan fingerprint density at radius 2 is 1.87 bits per heavy atom. The lowest BCUT2D eigenvalue weighted by atomic mass is 9.94. The van der Waals surface area contributed by atoms with E-state index in [9.17, 15) is 4.79 Å². The van der Waals surface area contributed by atoms with E-state index in [-0.39, 0.29) is 6.09 Å². The fraction of sp³-hybridized carbons (Fsp3) is 0.560. The molecule has 30 heavy (non-hydrogen) atoms. The molecule has 0 aromatic heterocycles. The maximum absolute atomic E-state index is 12.7. The summed E-state index contributed by atoms with van der Waals surface area (Å²) in [5.41, 5.74) is 6.47. The molecule has 1 aliphatic rings. The minimum Gasteiger partial charge on any atom is -0.444 e. The first kappa shape index (κ1) is 24.3. The van der Waals surface area contributed by atoms with Crippen LogP contribution in [0.3, 0.4) is 0 Å². The third-order valence-corrected chi connectivity index (χ3v) is 5.68. The molecule has 0 saturated carbocycles.